The molecule has 0 spiro atoms. The summed E-state index contributed by atoms with van der Waals surface area (Å²) in [6.45, 7) is 6.33. The molecule has 6 heteroatoms. The largest absolute Gasteiger partial charge is 0.395 e. The fourth-order valence-electron chi connectivity index (χ4n) is 2.11. The van der Waals surface area contributed by atoms with Gasteiger partial charge < -0.3 is 10.6 Å². The topological polar surface area (TPSA) is 87.9 Å². The van der Waals surface area contributed by atoms with E-state index in [1.54, 1.807) is 11.1 Å². The van der Waals surface area contributed by atoms with E-state index in [2.05, 4.69) is 15.2 Å². The number of hydrogen-bond acceptors (Lipinski definition) is 4. The number of amides is 1. The Hall–Kier alpha value is -2.37. The molecule has 0 aromatic carbocycles. The van der Waals surface area contributed by atoms with E-state index in [1.807, 2.05) is 39.0 Å². The molecular formula is C15H21N5O. The number of hydrogen-bond donors (Lipinski definition) is 2. The van der Waals surface area contributed by atoms with E-state index in [4.69, 9.17) is 5.73 Å². The van der Waals surface area contributed by atoms with E-state index in [9.17, 15) is 4.79 Å². The van der Waals surface area contributed by atoms with Gasteiger partial charge in [-0.05, 0) is 32.4 Å². The number of aryl methyl sites for hydroxylation is 1. The van der Waals surface area contributed by atoms with Gasteiger partial charge in [0.05, 0.1) is 23.6 Å². The highest BCUT2D eigenvalue weighted by molar-refractivity contribution is 5.97. The molecule has 2 aromatic heterocycles. The van der Waals surface area contributed by atoms with Crippen molar-refractivity contribution in [1.29, 1.82) is 0 Å². The van der Waals surface area contributed by atoms with Crippen LogP contribution in [0.3, 0.4) is 0 Å². The summed E-state index contributed by atoms with van der Waals surface area (Å²) < 4.78 is 0. The quantitative estimate of drug-likeness (QED) is 0.880. The number of aromatic nitrogens is 3. The Bertz CT molecular complexity index is 606. The van der Waals surface area contributed by atoms with Crippen molar-refractivity contribution in [3.63, 3.8) is 0 Å². The number of H-pyrrole nitrogens is 1. The average Bonchev–Trinajstić information content (AvgIpc) is 2.85. The van der Waals surface area contributed by atoms with Gasteiger partial charge in [-0.2, -0.15) is 5.10 Å². The third-order valence-electron chi connectivity index (χ3n) is 3.38. The Labute approximate surface area is 124 Å². The van der Waals surface area contributed by atoms with Gasteiger partial charge in [-0.15, -0.1) is 0 Å². The Morgan fingerprint density at radius 2 is 2.19 bits per heavy atom. The number of pyridine rings is 1. The molecule has 0 radical (unpaired) electrons. The molecule has 0 aliphatic rings. The lowest BCUT2D eigenvalue weighted by atomic mass is 10.2. The Balaban J connectivity index is 2.25. The summed E-state index contributed by atoms with van der Waals surface area (Å²) in [4.78, 5) is 18.7. The van der Waals surface area contributed by atoms with E-state index in [0.717, 1.165) is 11.4 Å². The molecule has 0 atom stereocenters. The normalized spacial score (nSPS) is 10.9. The van der Waals surface area contributed by atoms with Crippen molar-refractivity contribution in [2.45, 2.75) is 39.8 Å². The van der Waals surface area contributed by atoms with Gasteiger partial charge in [0, 0.05) is 12.2 Å². The van der Waals surface area contributed by atoms with Gasteiger partial charge in [0.15, 0.2) is 5.69 Å². The van der Waals surface area contributed by atoms with Crippen molar-refractivity contribution in [2.24, 2.45) is 0 Å². The van der Waals surface area contributed by atoms with Gasteiger partial charge in [-0.25, -0.2) is 0 Å². The van der Waals surface area contributed by atoms with E-state index >= 15 is 0 Å². The molecule has 0 unspecified atom stereocenters. The summed E-state index contributed by atoms with van der Waals surface area (Å²) in [5.74, 6) is -0.177. The highest BCUT2D eigenvalue weighted by Crippen LogP contribution is 2.19. The maximum Gasteiger partial charge on any atom is 0.277 e. The van der Waals surface area contributed by atoms with Crippen molar-refractivity contribution >= 4 is 11.6 Å². The van der Waals surface area contributed by atoms with Crippen LogP contribution in [-0.2, 0) is 13.0 Å². The molecule has 2 heterocycles. The van der Waals surface area contributed by atoms with Gasteiger partial charge in [-0.3, -0.25) is 14.9 Å². The summed E-state index contributed by atoms with van der Waals surface area (Å²) in [6.07, 6.45) is 2.43. The van der Waals surface area contributed by atoms with E-state index < -0.39 is 0 Å². The Morgan fingerprint density at radius 1 is 1.43 bits per heavy atom. The lowest BCUT2D eigenvalue weighted by Crippen LogP contribution is -2.37. The van der Waals surface area contributed by atoms with E-state index in [0.29, 0.717) is 18.7 Å². The van der Waals surface area contributed by atoms with Crippen molar-refractivity contribution < 1.29 is 4.79 Å². The van der Waals surface area contributed by atoms with Crippen LogP contribution in [-0.4, -0.2) is 32.0 Å². The number of carbonyl (C=O) groups is 1. The maximum atomic E-state index is 12.7. The van der Waals surface area contributed by atoms with Crippen molar-refractivity contribution in [3.05, 3.63) is 41.5 Å². The molecule has 2 aromatic rings. The molecule has 0 aliphatic carbocycles. The predicted molar refractivity (Wildman–Crippen MR) is 81.6 cm³/mol. The summed E-state index contributed by atoms with van der Waals surface area (Å²) in [6, 6.07) is 5.68. The lowest BCUT2D eigenvalue weighted by Gasteiger charge is -2.25. The molecule has 0 bridgehead atoms. The number of nitrogens with two attached hydrogens (primary N) is 1. The summed E-state index contributed by atoms with van der Waals surface area (Å²) in [7, 11) is 0. The van der Waals surface area contributed by atoms with Crippen LogP contribution in [0.1, 0.15) is 42.6 Å². The van der Waals surface area contributed by atoms with Gasteiger partial charge in [-0.1, -0.05) is 13.0 Å². The highest BCUT2D eigenvalue weighted by atomic mass is 16.2. The molecule has 0 aliphatic heterocycles. The van der Waals surface area contributed by atoms with Crippen LogP contribution in [0.15, 0.2) is 24.4 Å². The van der Waals surface area contributed by atoms with Gasteiger partial charge in [0.1, 0.15) is 0 Å². The van der Waals surface area contributed by atoms with E-state index in [1.165, 1.54) is 0 Å². The number of nitrogens with one attached hydrogen (secondary N) is 1. The fourth-order valence-corrected chi connectivity index (χ4v) is 2.11. The van der Waals surface area contributed by atoms with Crippen LogP contribution < -0.4 is 5.73 Å². The van der Waals surface area contributed by atoms with Gasteiger partial charge in [0.2, 0.25) is 0 Å². The molecule has 2 rings (SSSR count). The SMILES string of the molecule is CCc1[nH]nc(C(=O)N(Cc2ccccn2)C(C)C)c1N. The number of carbonyl (C=O) groups excluding carboxylic acids is 1. The van der Waals surface area contributed by atoms with Crippen LogP contribution in [0.4, 0.5) is 5.69 Å². The third-order valence-corrected chi connectivity index (χ3v) is 3.38. The number of aromatic amines is 1. The van der Waals surface area contributed by atoms with Gasteiger partial charge in [0.25, 0.3) is 5.91 Å². The smallest absolute Gasteiger partial charge is 0.277 e. The van der Waals surface area contributed by atoms with Crippen LogP contribution in [0.2, 0.25) is 0 Å². The van der Waals surface area contributed by atoms with Gasteiger partial charge >= 0.3 is 0 Å². The highest BCUT2D eigenvalue weighted by Gasteiger charge is 2.24. The first kappa shape index (κ1) is 15.0. The minimum atomic E-state index is -0.177. The first-order chi connectivity index (χ1) is 10.0. The molecule has 112 valence electrons. The summed E-state index contributed by atoms with van der Waals surface area (Å²) in [5, 5.41) is 6.89. The minimum absolute atomic E-state index is 0.0284. The van der Waals surface area contributed by atoms with Crippen LogP contribution in [0.25, 0.3) is 0 Å². The standard InChI is InChI=1S/C15H21N5O/c1-4-12-13(16)14(19-18-12)15(21)20(10(2)3)9-11-7-5-6-8-17-11/h5-8,10H,4,9,16H2,1-3H3,(H,18,19). The minimum Gasteiger partial charge on any atom is -0.395 e. The molecular weight excluding hydrogens is 266 g/mol. The van der Waals surface area contributed by atoms with Crippen molar-refractivity contribution in [2.75, 3.05) is 5.73 Å². The molecule has 3 N–H and O–H groups in total. The van der Waals surface area contributed by atoms with Crippen LogP contribution >= 0.6 is 0 Å². The number of nitrogens with zero attached hydrogens (tertiary/aromatic N) is 3. The number of rotatable bonds is 5. The zero-order chi connectivity index (χ0) is 15.4. The predicted octanol–water partition coefficient (Wildman–Crippen LogP) is 2.00. The molecule has 6 nitrogen and oxygen atoms in total. The first-order valence-corrected chi connectivity index (χ1v) is 7.08. The third kappa shape index (κ3) is 3.21. The molecule has 0 fully saturated rings. The Morgan fingerprint density at radius 3 is 2.71 bits per heavy atom. The molecule has 0 saturated carbocycles. The second-order valence-corrected chi connectivity index (χ2v) is 5.17. The van der Waals surface area contributed by atoms with E-state index in [-0.39, 0.29) is 17.6 Å². The van der Waals surface area contributed by atoms with Crippen molar-refractivity contribution in [1.82, 2.24) is 20.1 Å². The van der Waals surface area contributed by atoms with Crippen molar-refractivity contribution in [3.8, 4) is 0 Å². The monoisotopic (exact) mass is 287 g/mol. The fraction of sp³-hybridized carbons (Fsp3) is 0.400. The Kier molecular flexibility index (Phi) is 4.57. The maximum absolute atomic E-state index is 12.7. The molecule has 0 saturated heterocycles. The molecule has 1 amide bonds. The first-order valence-electron chi connectivity index (χ1n) is 7.08. The zero-order valence-electron chi connectivity index (χ0n) is 12.6. The molecule has 21 heavy (non-hydrogen) atoms. The lowest BCUT2D eigenvalue weighted by molar-refractivity contribution is 0.0683. The number of nitrogen functional groups attached to an aromatic ring is 1. The summed E-state index contributed by atoms with van der Waals surface area (Å²) >= 11 is 0. The van der Waals surface area contributed by atoms with Crippen LogP contribution in [0.5, 0.6) is 0 Å². The average molecular weight is 287 g/mol. The zero-order valence-corrected chi connectivity index (χ0v) is 12.6. The second-order valence-electron chi connectivity index (χ2n) is 5.17. The summed E-state index contributed by atoms with van der Waals surface area (Å²) in [5.41, 5.74) is 8.35. The van der Waals surface area contributed by atoms with Crippen LogP contribution in [0, 0.1) is 0 Å². The number of anilines is 1. The second kappa shape index (κ2) is 6.39.